The minimum atomic E-state index is 0.0167. The van der Waals surface area contributed by atoms with E-state index in [2.05, 4.69) is 27.8 Å². The summed E-state index contributed by atoms with van der Waals surface area (Å²) in [5.41, 5.74) is 0. The Bertz CT molecular complexity index is 218. The van der Waals surface area contributed by atoms with Gasteiger partial charge in [-0.25, -0.2) is 0 Å². The van der Waals surface area contributed by atoms with Crippen LogP contribution in [0.1, 0.15) is 12.8 Å². The molecule has 1 aliphatic rings. The van der Waals surface area contributed by atoms with Crippen molar-refractivity contribution in [1.29, 1.82) is 0 Å². The maximum absolute atomic E-state index is 11.4. The van der Waals surface area contributed by atoms with Crippen LogP contribution in [0.3, 0.4) is 0 Å². The van der Waals surface area contributed by atoms with Crippen LogP contribution >= 0.6 is 15.9 Å². The average molecular weight is 247 g/mol. The van der Waals surface area contributed by atoms with Crippen LogP contribution in [-0.4, -0.2) is 37.0 Å². The molecule has 3 nitrogen and oxygen atoms in total. The molecule has 0 aromatic rings. The number of piperidine rings is 1. The first-order chi connectivity index (χ1) is 6.11. The molecule has 0 aromatic carbocycles. The minimum absolute atomic E-state index is 0.0167. The summed E-state index contributed by atoms with van der Waals surface area (Å²) in [5, 5.41) is 2.86. The molecular weight excluding hydrogens is 232 g/mol. The van der Waals surface area contributed by atoms with Gasteiger partial charge in [-0.05, 0) is 19.9 Å². The highest BCUT2D eigenvalue weighted by molar-refractivity contribution is 9.11. The fourth-order valence-corrected chi connectivity index (χ4v) is 1.95. The Labute approximate surface area is 87.3 Å². The smallest absolute Gasteiger partial charge is 0.237 e. The normalized spacial score (nSPS) is 23.0. The fourth-order valence-electron chi connectivity index (χ4n) is 1.56. The number of carbonyl (C=O) groups excluding carboxylic acids is 1. The minimum Gasteiger partial charge on any atom is -0.355 e. The van der Waals surface area contributed by atoms with Crippen molar-refractivity contribution in [2.24, 2.45) is 0 Å². The molecule has 0 aromatic heterocycles. The summed E-state index contributed by atoms with van der Waals surface area (Å²) in [7, 11) is 1.95. The van der Waals surface area contributed by atoms with E-state index in [1.54, 1.807) is 0 Å². The number of halogens is 1. The summed E-state index contributed by atoms with van der Waals surface area (Å²) >= 11 is 3.29. The van der Waals surface area contributed by atoms with Crippen LogP contribution in [0, 0.1) is 0 Å². The van der Waals surface area contributed by atoms with E-state index < -0.39 is 0 Å². The molecule has 1 atom stereocenters. The first-order valence-corrected chi connectivity index (χ1v) is 5.22. The van der Waals surface area contributed by atoms with Gasteiger partial charge in [0, 0.05) is 17.6 Å². The Morgan fingerprint density at radius 1 is 1.85 bits per heavy atom. The van der Waals surface area contributed by atoms with E-state index in [4.69, 9.17) is 0 Å². The van der Waals surface area contributed by atoms with Crippen molar-refractivity contribution in [2.75, 3.05) is 20.1 Å². The van der Waals surface area contributed by atoms with Gasteiger partial charge in [0.25, 0.3) is 0 Å². The molecule has 1 aliphatic heterocycles. The van der Waals surface area contributed by atoms with Crippen LogP contribution in [0.5, 0.6) is 0 Å². The molecule has 1 saturated heterocycles. The van der Waals surface area contributed by atoms with Gasteiger partial charge in [-0.2, -0.15) is 0 Å². The third-order valence-corrected chi connectivity index (χ3v) is 2.46. The van der Waals surface area contributed by atoms with Crippen LogP contribution in [0.25, 0.3) is 0 Å². The zero-order valence-corrected chi connectivity index (χ0v) is 9.43. The lowest BCUT2D eigenvalue weighted by atomic mass is 10.1. The van der Waals surface area contributed by atoms with Crippen LogP contribution < -0.4 is 5.32 Å². The van der Waals surface area contributed by atoms with Gasteiger partial charge >= 0.3 is 0 Å². The second-order valence-corrected chi connectivity index (χ2v) is 4.50. The predicted octanol–water partition coefficient (Wildman–Crippen LogP) is 1.11. The zero-order valence-electron chi connectivity index (χ0n) is 7.85. The molecule has 1 rings (SSSR count). The van der Waals surface area contributed by atoms with Gasteiger partial charge < -0.3 is 5.32 Å². The molecule has 0 radical (unpaired) electrons. The topological polar surface area (TPSA) is 32.3 Å². The van der Waals surface area contributed by atoms with E-state index in [-0.39, 0.29) is 11.9 Å². The van der Waals surface area contributed by atoms with Crippen molar-refractivity contribution in [3.05, 3.63) is 11.1 Å². The standard InChI is InChI=1S/C9H15BrN2O/c1-7(10)6-12(2)8-4-3-5-11-9(8)13/h8H,1,3-6H2,2H3,(H,11,13). The predicted molar refractivity (Wildman–Crippen MR) is 56.7 cm³/mol. The second-order valence-electron chi connectivity index (χ2n) is 3.38. The average Bonchev–Trinajstić information content (AvgIpc) is 2.03. The number of nitrogens with one attached hydrogen (secondary N) is 1. The molecule has 13 heavy (non-hydrogen) atoms. The van der Waals surface area contributed by atoms with E-state index in [0.29, 0.717) is 0 Å². The molecule has 1 heterocycles. The molecular formula is C9H15BrN2O. The highest BCUT2D eigenvalue weighted by Crippen LogP contribution is 2.12. The SMILES string of the molecule is C=C(Br)CN(C)C1CCCNC1=O. The molecule has 1 fully saturated rings. The molecule has 0 spiro atoms. The summed E-state index contributed by atoms with van der Waals surface area (Å²) in [6, 6.07) is 0.0167. The molecule has 74 valence electrons. The fraction of sp³-hybridized carbons (Fsp3) is 0.667. The second kappa shape index (κ2) is 4.77. The van der Waals surface area contributed by atoms with E-state index in [9.17, 15) is 4.79 Å². The Morgan fingerprint density at radius 3 is 3.08 bits per heavy atom. The van der Waals surface area contributed by atoms with Gasteiger partial charge in [0.1, 0.15) is 0 Å². The quantitative estimate of drug-likeness (QED) is 0.810. The lowest BCUT2D eigenvalue weighted by Crippen LogP contribution is -2.49. The van der Waals surface area contributed by atoms with E-state index in [0.717, 1.165) is 30.4 Å². The number of carbonyl (C=O) groups is 1. The van der Waals surface area contributed by atoms with E-state index >= 15 is 0 Å². The maximum atomic E-state index is 11.4. The Hall–Kier alpha value is -0.350. The van der Waals surface area contributed by atoms with Gasteiger partial charge in [-0.3, -0.25) is 9.69 Å². The lowest BCUT2D eigenvalue weighted by Gasteiger charge is -2.30. The molecule has 1 N–H and O–H groups in total. The molecule has 4 heteroatoms. The number of amides is 1. The van der Waals surface area contributed by atoms with Crippen LogP contribution in [0.4, 0.5) is 0 Å². The van der Waals surface area contributed by atoms with E-state index in [1.165, 1.54) is 0 Å². The monoisotopic (exact) mass is 246 g/mol. The van der Waals surface area contributed by atoms with Gasteiger partial charge in [0.15, 0.2) is 0 Å². The van der Waals surface area contributed by atoms with Crippen molar-refractivity contribution < 1.29 is 4.79 Å². The van der Waals surface area contributed by atoms with Gasteiger partial charge in [-0.15, -0.1) is 0 Å². The van der Waals surface area contributed by atoms with Crippen molar-refractivity contribution in [2.45, 2.75) is 18.9 Å². The third-order valence-electron chi connectivity index (χ3n) is 2.21. The Kier molecular flexibility index (Phi) is 3.93. The Morgan fingerprint density at radius 2 is 2.54 bits per heavy atom. The largest absolute Gasteiger partial charge is 0.355 e. The number of likely N-dealkylation sites (N-methyl/N-ethyl adjacent to an activating group) is 1. The Balaban J connectivity index is 2.48. The van der Waals surface area contributed by atoms with Gasteiger partial charge in [0.2, 0.25) is 5.91 Å². The van der Waals surface area contributed by atoms with Gasteiger partial charge in [-0.1, -0.05) is 22.5 Å². The molecule has 1 amide bonds. The summed E-state index contributed by atoms with van der Waals surface area (Å²) in [6.07, 6.45) is 2.01. The summed E-state index contributed by atoms with van der Waals surface area (Å²) in [5.74, 6) is 0.141. The van der Waals surface area contributed by atoms with Crippen molar-refractivity contribution in [3.8, 4) is 0 Å². The van der Waals surface area contributed by atoms with E-state index in [1.807, 2.05) is 11.9 Å². The van der Waals surface area contributed by atoms with Crippen molar-refractivity contribution >= 4 is 21.8 Å². The third kappa shape index (κ3) is 3.12. The number of nitrogens with zero attached hydrogens (tertiary/aromatic N) is 1. The summed E-state index contributed by atoms with van der Waals surface area (Å²) < 4.78 is 0.911. The van der Waals surface area contributed by atoms with Crippen LogP contribution in [0.15, 0.2) is 11.1 Å². The maximum Gasteiger partial charge on any atom is 0.237 e. The highest BCUT2D eigenvalue weighted by Gasteiger charge is 2.25. The molecule has 0 saturated carbocycles. The highest BCUT2D eigenvalue weighted by atomic mass is 79.9. The number of rotatable bonds is 3. The number of hydrogen-bond donors (Lipinski definition) is 1. The first-order valence-electron chi connectivity index (χ1n) is 4.42. The van der Waals surface area contributed by atoms with Crippen LogP contribution in [-0.2, 0) is 4.79 Å². The summed E-state index contributed by atoms with van der Waals surface area (Å²) in [4.78, 5) is 13.4. The lowest BCUT2D eigenvalue weighted by molar-refractivity contribution is -0.127. The van der Waals surface area contributed by atoms with Crippen LogP contribution in [0.2, 0.25) is 0 Å². The van der Waals surface area contributed by atoms with Gasteiger partial charge in [0.05, 0.1) is 6.04 Å². The number of hydrogen-bond acceptors (Lipinski definition) is 2. The molecule has 0 aliphatic carbocycles. The van der Waals surface area contributed by atoms with Crippen molar-refractivity contribution in [3.63, 3.8) is 0 Å². The first kappa shape index (κ1) is 10.7. The van der Waals surface area contributed by atoms with Crippen molar-refractivity contribution in [1.82, 2.24) is 10.2 Å². The zero-order chi connectivity index (χ0) is 9.84. The molecule has 0 bridgehead atoms. The summed E-state index contributed by atoms with van der Waals surface area (Å²) in [6.45, 7) is 5.30. The molecule has 1 unspecified atom stereocenters.